The molecule has 0 aliphatic rings. The summed E-state index contributed by atoms with van der Waals surface area (Å²) in [5.74, 6) is -1.34. The van der Waals surface area contributed by atoms with Gasteiger partial charge in [0.25, 0.3) is 0 Å². The Kier molecular flexibility index (Phi) is 3.02. The molecule has 0 saturated heterocycles. The fraction of sp³-hybridized carbons (Fsp3) is 0. The molecular formula is C14H9F2N3O2. The summed E-state index contributed by atoms with van der Waals surface area (Å²) in [7, 11) is 0. The molecule has 3 N–H and O–H groups in total. The van der Waals surface area contributed by atoms with Crippen LogP contribution in [0.2, 0.25) is 0 Å². The fourth-order valence-electron chi connectivity index (χ4n) is 2.06. The van der Waals surface area contributed by atoms with Crippen molar-refractivity contribution in [2.75, 3.05) is 5.73 Å². The molecule has 0 radical (unpaired) electrons. The Morgan fingerprint density at radius 2 is 1.81 bits per heavy atom. The number of aromatic amines is 1. The van der Waals surface area contributed by atoms with E-state index in [-0.39, 0.29) is 28.3 Å². The van der Waals surface area contributed by atoms with E-state index in [0.29, 0.717) is 5.56 Å². The molecule has 2 aromatic heterocycles. The highest BCUT2D eigenvalue weighted by atomic mass is 19.1. The molecule has 0 bridgehead atoms. The van der Waals surface area contributed by atoms with Gasteiger partial charge in [-0.3, -0.25) is 4.79 Å². The summed E-state index contributed by atoms with van der Waals surface area (Å²) in [5, 5.41) is 3.60. The number of aromatic nitrogens is 2. The van der Waals surface area contributed by atoms with Crippen molar-refractivity contribution in [1.29, 1.82) is 0 Å². The van der Waals surface area contributed by atoms with E-state index in [1.165, 1.54) is 12.3 Å². The first-order valence-corrected chi connectivity index (χ1v) is 5.95. The molecule has 3 rings (SSSR count). The van der Waals surface area contributed by atoms with E-state index in [1.54, 1.807) is 6.07 Å². The number of nitrogen functional groups attached to an aromatic ring is 1. The summed E-state index contributed by atoms with van der Waals surface area (Å²) >= 11 is 0. The van der Waals surface area contributed by atoms with E-state index in [9.17, 15) is 13.6 Å². The quantitative estimate of drug-likeness (QED) is 0.759. The van der Waals surface area contributed by atoms with Gasteiger partial charge in [0.1, 0.15) is 11.6 Å². The van der Waals surface area contributed by atoms with Gasteiger partial charge in [0, 0.05) is 23.9 Å². The molecule has 7 heteroatoms. The summed E-state index contributed by atoms with van der Waals surface area (Å²) in [4.78, 5) is 13.8. The zero-order valence-corrected chi connectivity index (χ0v) is 10.6. The molecule has 0 saturated carbocycles. The topological polar surface area (TPSA) is 84.9 Å². The van der Waals surface area contributed by atoms with Crippen molar-refractivity contribution in [3.8, 4) is 22.5 Å². The molecule has 0 aliphatic carbocycles. The lowest BCUT2D eigenvalue weighted by Gasteiger charge is -2.03. The van der Waals surface area contributed by atoms with Crippen LogP contribution >= 0.6 is 0 Å². The number of benzene rings is 1. The van der Waals surface area contributed by atoms with Crippen molar-refractivity contribution < 1.29 is 13.3 Å². The maximum atomic E-state index is 13.4. The van der Waals surface area contributed by atoms with Crippen LogP contribution in [0.4, 0.5) is 14.6 Å². The van der Waals surface area contributed by atoms with Gasteiger partial charge in [-0.25, -0.2) is 8.78 Å². The SMILES string of the molecule is Nc1noc(-c2cc[nH]c(=O)c2)c1-c1cc(F)cc(F)c1. The third kappa shape index (κ3) is 2.40. The molecule has 1 aromatic carbocycles. The van der Waals surface area contributed by atoms with Crippen molar-refractivity contribution in [3.63, 3.8) is 0 Å². The minimum absolute atomic E-state index is 0.0183. The monoisotopic (exact) mass is 289 g/mol. The standard InChI is InChI=1S/C14H9F2N3O2/c15-9-3-8(4-10(16)6-9)12-13(21-19-14(12)17)7-1-2-18-11(20)5-7/h1-6H,(H2,17,19)(H,18,20). The average molecular weight is 289 g/mol. The van der Waals surface area contributed by atoms with Crippen LogP contribution in [-0.4, -0.2) is 10.1 Å². The molecule has 21 heavy (non-hydrogen) atoms. The number of hydrogen-bond acceptors (Lipinski definition) is 4. The zero-order chi connectivity index (χ0) is 15.0. The minimum atomic E-state index is -0.748. The van der Waals surface area contributed by atoms with E-state index in [0.717, 1.165) is 18.2 Å². The second-order valence-electron chi connectivity index (χ2n) is 4.37. The highest BCUT2D eigenvalue weighted by molar-refractivity contribution is 5.86. The number of nitrogens with zero attached hydrogens (tertiary/aromatic N) is 1. The summed E-state index contributed by atoms with van der Waals surface area (Å²) in [6.07, 6.45) is 1.42. The van der Waals surface area contributed by atoms with Crippen LogP contribution in [0.25, 0.3) is 22.5 Å². The first-order chi connectivity index (χ1) is 10.0. The molecule has 0 spiro atoms. The smallest absolute Gasteiger partial charge is 0.248 e. The Morgan fingerprint density at radius 1 is 1.10 bits per heavy atom. The van der Waals surface area contributed by atoms with Crippen LogP contribution in [0.1, 0.15) is 0 Å². The molecule has 106 valence electrons. The van der Waals surface area contributed by atoms with Crippen molar-refractivity contribution in [2.45, 2.75) is 0 Å². The lowest BCUT2D eigenvalue weighted by atomic mass is 10.0. The Hall–Kier alpha value is -2.96. The first kappa shape index (κ1) is 13.0. The van der Waals surface area contributed by atoms with Crippen LogP contribution in [0, 0.1) is 11.6 Å². The summed E-state index contributed by atoms with van der Waals surface area (Å²) in [6.45, 7) is 0. The second kappa shape index (κ2) is 4.86. The van der Waals surface area contributed by atoms with E-state index >= 15 is 0 Å². The number of nitrogens with two attached hydrogens (primary N) is 1. The Balaban J connectivity index is 2.24. The number of H-pyrrole nitrogens is 1. The van der Waals surface area contributed by atoms with Gasteiger partial charge in [0.15, 0.2) is 11.6 Å². The Morgan fingerprint density at radius 3 is 2.48 bits per heavy atom. The molecule has 0 fully saturated rings. The molecule has 0 aliphatic heterocycles. The third-order valence-corrected chi connectivity index (χ3v) is 2.91. The molecule has 0 atom stereocenters. The summed E-state index contributed by atoms with van der Waals surface area (Å²) in [5.41, 5.74) is 6.19. The van der Waals surface area contributed by atoms with E-state index in [4.69, 9.17) is 10.3 Å². The molecule has 2 heterocycles. The van der Waals surface area contributed by atoms with Crippen LogP contribution in [0.3, 0.4) is 0 Å². The second-order valence-corrected chi connectivity index (χ2v) is 4.37. The summed E-state index contributed by atoms with van der Waals surface area (Å²) in [6, 6.07) is 5.82. The maximum Gasteiger partial charge on any atom is 0.248 e. The van der Waals surface area contributed by atoms with Crippen LogP contribution in [0.5, 0.6) is 0 Å². The third-order valence-electron chi connectivity index (χ3n) is 2.91. The van der Waals surface area contributed by atoms with Gasteiger partial charge >= 0.3 is 0 Å². The number of halogens is 2. The van der Waals surface area contributed by atoms with E-state index in [1.807, 2.05) is 0 Å². The average Bonchev–Trinajstić information content (AvgIpc) is 2.79. The van der Waals surface area contributed by atoms with Crippen molar-refractivity contribution in [3.05, 3.63) is 58.5 Å². The van der Waals surface area contributed by atoms with E-state index in [2.05, 4.69) is 10.1 Å². The number of anilines is 1. The molecule has 5 nitrogen and oxygen atoms in total. The first-order valence-electron chi connectivity index (χ1n) is 5.95. The number of rotatable bonds is 2. The van der Waals surface area contributed by atoms with E-state index < -0.39 is 11.6 Å². The number of hydrogen-bond donors (Lipinski definition) is 2. The minimum Gasteiger partial charge on any atom is -0.380 e. The number of pyridine rings is 1. The molecule has 0 unspecified atom stereocenters. The largest absolute Gasteiger partial charge is 0.380 e. The van der Waals surface area contributed by atoms with Gasteiger partial charge in [-0.1, -0.05) is 5.16 Å². The van der Waals surface area contributed by atoms with Gasteiger partial charge in [0.2, 0.25) is 5.56 Å². The Bertz CT molecular complexity index is 850. The highest BCUT2D eigenvalue weighted by Gasteiger charge is 2.19. The van der Waals surface area contributed by atoms with Gasteiger partial charge in [-0.2, -0.15) is 0 Å². The van der Waals surface area contributed by atoms with Crippen LogP contribution in [-0.2, 0) is 0 Å². The highest BCUT2D eigenvalue weighted by Crippen LogP contribution is 2.36. The summed E-state index contributed by atoms with van der Waals surface area (Å²) < 4.78 is 31.8. The lowest BCUT2D eigenvalue weighted by Crippen LogP contribution is -2.02. The van der Waals surface area contributed by atoms with Crippen molar-refractivity contribution in [2.24, 2.45) is 0 Å². The lowest BCUT2D eigenvalue weighted by molar-refractivity contribution is 0.436. The van der Waals surface area contributed by atoms with Crippen molar-refractivity contribution >= 4 is 5.82 Å². The molecule has 3 aromatic rings. The van der Waals surface area contributed by atoms with Gasteiger partial charge in [0.05, 0.1) is 5.56 Å². The van der Waals surface area contributed by atoms with Gasteiger partial charge in [-0.05, 0) is 23.8 Å². The Labute approximate surface area is 117 Å². The van der Waals surface area contributed by atoms with Gasteiger partial charge < -0.3 is 15.2 Å². The predicted molar refractivity (Wildman–Crippen MR) is 72.3 cm³/mol. The maximum absolute atomic E-state index is 13.4. The number of nitrogens with one attached hydrogen (secondary N) is 1. The predicted octanol–water partition coefficient (Wildman–Crippen LogP) is 2.56. The van der Waals surface area contributed by atoms with Crippen LogP contribution in [0.15, 0.2) is 45.8 Å². The van der Waals surface area contributed by atoms with Crippen LogP contribution < -0.4 is 11.3 Å². The van der Waals surface area contributed by atoms with Crippen molar-refractivity contribution in [1.82, 2.24) is 10.1 Å². The normalized spacial score (nSPS) is 10.8. The fourth-order valence-corrected chi connectivity index (χ4v) is 2.06. The molecule has 0 amide bonds. The zero-order valence-electron chi connectivity index (χ0n) is 10.6. The molecular weight excluding hydrogens is 280 g/mol. The van der Waals surface area contributed by atoms with Gasteiger partial charge in [-0.15, -0.1) is 0 Å².